The SMILES string of the molecule is COCCOC(=O)C1=C(C)N=c2s/c(=C\c3cccs3)c(=O)n2[C@H]1c1ccccc1OC. The second kappa shape index (κ2) is 9.64. The van der Waals surface area contributed by atoms with Crippen LogP contribution in [0.1, 0.15) is 23.4 Å². The Balaban J connectivity index is 1.93. The Morgan fingerprint density at radius 3 is 2.72 bits per heavy atom. The Morgan fingerprint density at radius 2 is 2.00 bits per heavy atom. The summed E-state index contributed by atoms with van der Waals surface area (Å²) in [4.78, 5) is 32.7. The molecule has 9 heteroatoms. The predicted octanol–water partition coefficient (Wildman–Crippen LogP) is 2.49. The summed E-state index contributed by atoms with van der Waals surface area (Å²) in [5.41, 5.74) is 1.28. The van der Waals surface area contributed by atoms with Gasteiger partial charge in [0.05, 0.1) is 29.5 Å². The molecule has 0 amide bonds. The van der Waals surface area contributed by atoms with Gasteiger partial charge in [0.1, 0.15) is 18.4 Å². The molecule has 0 saturated heterocycles. The van der Waals surface area contributed by atoms with Crippen LogP contribution >= 0.6 is 22.7 Å². The van der Waals surface area contributed by atoms with Gasteiger partial charge in [0.25, 0.3) is 5.56 Å². The highest BCUT2D eigenvalue weighted by Crippen LogP contribution is 2.35. The average Bonchev–Trinajstić information content (AvgIpc) is 3.41. The summed E-state index contributed by atoms with van der Waals surface area (Å²) in [5, 5.41) is 1.96. The van der Waals surface area contributed by atoms with Crippen LogP contribution in [0, 0.1) is 0 Å². The molecule has 0 saturated carbocycles. The molecule has 3 aromatic rings. The van der Waals surface area contributed by atoms with Crippen molar-refractivity contribution in [2.24, 2.45) is 4.99 Å². The molecule has 1 atom stereocenters. The van der Waals surface area contributed by atoms with Crippen molar-refractivity contribution in [1.29, 1.82) is 0 Å². The van der Waals surface area contributed by atoms with Gasteiger partial charge in [0.15, 0.2) is 4.80 Å². The van der Waals surface area contributed by atoms with Crippen LogP contribution in [0.3, 0.4) is 0 Å². The molecular weight excluding hydrogens is 448 g/mol. The number of carbonyl (C=O) groups excluding carboxylic acids is 1. The number of fused-ring (bicyclic) bond motifs is 1. The smallest absolute Gasteiger partial charge is 0.338 e. The molecule has 2 aromatic heterocycles. The third kappa shape index (κ3) is 4.19. The van der Waals surface area contributed by atoms with Crippen LogP contribution in [0.2, 0.25) is 0 Å². The number of ether oxygens (including phenoxy) is 3. The molecule has 0 N–H and O–H groups in total. The summed E-state index contributed by atoms with van der Waals surface area (Å²) in [6.07, 6.45) is 1.85. The quantitative estimate of drug-likeness (QED) is 0.392. The third-order valence-corrected chi connectivity index (χ3v) is 6.81. The number of thiophene rings is 1. The molecule has 0 unspecified atom stereocenters. The molecule has 7 nitrogen and oxygen atoms in total. The molecule has 32 heavy (non-hydrogen) atoms. The zero-order chi connectivity index (χ0) is 22.7. The normalized spacial score (nSPS) is 16.0. The third-order valence-electron chi connectivity index (χ3n) is 5.01. The summed E-state index contributed by atoms with van der Waals surface area (Å²) in [6.45, 7) is 2.14. The first-order chi connectivity index (χ1) is 15.5. The minimum atomic E-state index is -0.720. The van der Waals surface area contributed by atoms with E-state index in [9.17, 15) is 9.59 Å². The number of para-hydroxylation sites is 1. The summed E-state index contributed by atoms with van der Waals surface area (Å²) < 4.78 is 18.1. The topological polar surface area (TPSA) is 79.1 Å². The minimum Gasteiger partial charge on any atom is -0.496 e. The van der Waals surface area contributed by atoms with Crippen LogP contribution in [-0.4, -0.2) is 38.0 Å². The number of thiazole rings is 1. The van der Waals surface area contributed by atoms with E-state index in [-0.39, 0.29) is 18.8 Å². The molecule has 3 heterocycles. The van der Waals surface area contributed by atoms with Crippen LogP contribution < -0.4 is 19.6 Å². The number of allylic oxidation sites excluding steroid dienone is 1. The van der Waals surface area contributed by atoms with Crippen LogP contribution in [-0.2, 0) is 14.3 Å². The van der Waals surface area contributed by atoms with Gasteiger partial charge >= 0.3 is 5.97 Å². The first kappa shape index (κ1) is 22.2. The van der Waals surface area contributed by atoms with Crippen LogP contribution in [0.15, 0.2) is 62.8 Å². The number of esters is 1. The predicted molar refractivity (Wildman–Crippen MR) is 124 cm³/mol. The Kier molecular flexibility index (Phi) is 6.69. The molecule has 0 spiro atoms. The fourth-order valence-corrected chi connectivity index (χ4v) is 5.34. The van der Waals surface area contributed by atoms with E-state index in [1.165, 1.54) is 18.4 Å². The standard InChI is InChI=1S/C23H22N2O5S2/c1-14-19(22(27)30-11-10-28-2)20(16-8-4-5-9-17(16)29-3)25-21(26)18(32-23(25)24-14)13-15-7-6-12-31-15/h4-9,12-13,20H,10-11H2,1-3H3/b18-13-/t20-/m0/s1. The van der Waals surface area contributed by atoms with E-state index in [1.54, 1.807) is 36.0 Å². The van der Waals surface area contributed by atoms with Crippen molar-refractivity contribution in [1.82, 2.24) is 4.57 Å². The molecule has 0 bridgehead atoms. The van der Waals surface area contributed by atoms with Gasteiger partial charge in [-0.15, -0.1) is 11.3 Å². The lowest BCUT2D eigenvalue weighted by Crippen LogP contribution is -2.40. The van der Waals surface area contributed by atoms with E-state index in [0.29, 0.717) is 31.9 Å². The van der Waals surface area contributed by atoms with Gasteiger partial charge < -0.3 is 14.2 Å². The molecule has 0 radical (unpaired) electrons. The monoisotopic (exact) mass is 470 g/mol. The zero-order valence-electron chi connectivity index (χ0n) is 17.9. The maximum Gasteiger partial charge on any atom is 0.338 e. The molecule has 166 valence electrons. The maximum atomic E-state index is 13.5. The fourth-order valence-electron chi connectivity index (χ4n) is 3.57. The van der Waals surface area contributed by atoms with Gasteiger partial charge in [-0.3, -0.25) is 9.36 Å². The largest absolute Gasteiger partial charge is 0.496 e. The summed E-state index contributed by atoms with van der Waals surface area (Å²) in [5.74, 6) is 0.0361. The molecule has 0 aliphatic carbocycles. The van der Waals surface area contributed by atoms with Gasteiger partial charge in [-0.05, 0) is 30.5 Å². The van der Waals surface area contributed by atoms with Crippen LogP contribution in [0.5, 0.6) is 5.75 Å². The molecule has 1 aliphatic rings. The van der Waals surface area contributed by atoms with Crippen molar-refractivity contribution in [2.75, 3.05) is 27.4 Å². The van der Waals surface area contributed by atoms with Gasteiger partial charge in [-0.25, -0.2) is 9.79 Å². The Labute approximate surface area is 192 Å². The fraction of sp³-hybridized carbons (Fsp3) is 0.261. The number of aromatic nitrogens is 1. The Hall–Kier alpha value is -3.01. The maximum absolute atomic E-state index is 13.5. The first-order valence-electron chi connectivity index (χ1n) is 9.90. The van der Waals surface area contributed by atoms with E-state index < -0.39 is 12.0 Å². The number of benzene rings is 1. The number of nitrogens with zero attached hydrogens (tertiary/aromatic N) is 2. The lowest BCUT2D eigenvalue weighted by atomic mass is 9.95. The van der Waals surface area contributed by atoms with Crippen molar-refractivity contribution in [3.8, 4) is 5.75 Å². The second-order valence-corrected chi connectivity index (χ2v) is 8.96. The zero-order valence-corrected chi connectivity index (χ0v) is 19.5. The van der Waals surface area contributed by atoms with Crippen molar-refractivity contribution < 1.29 is 19.0 Å². The lowest BCUT2D eigenvalue weighted by Gasteiger charge is -2.26. The molecule has 1 aromatic carbocycles. The van der Waals surface area contributed by atoms with E-state index in [4.69, 9.17) is 14.2 Å². The van der Waals surface area contributed by atoms with Crippen LogP contribution in [0.25, 0.3) is 6.08 Å². The highest BCUT2D eigenvalue weighted by atomic mass is 32.1. The Bertz CT molecular complexity index is 1340. The van der Waals surface area contributed by atoms with E-state index >= 15 is 0 Å². The lowest BCUT2D eigenvalue weighted by molar-refractivity contribution is -0.140. The van der Waals surface area contributed by atoms with Crippen LogP contribution in [0.4, 0.5) is 0 Å². The number of rotatable bonds is 7. The molecule has 4 rings (SSSR count). The van der Waals surface area contributed by atoms with Gasteiger partial charge in [-0.1, -0.05) is 35.6 Å². The summed E-state index contributed by atoms with van der Waals surface area (Å²) >= 11 is 2.85. The van der Waals surface area contributed by atoms with Crippen molar-refractivity contribution >= 4 is 34.7 Å². The summed E-state index contributed by atoms with van der Waals surface area (Å²) in [6, 6.07) is 10.5. The second-order valence-electron chi connectivity index (χ2n) is 6.97. The first-order valence-corrected chi connectivity index (χ1v) is 11.6. The highest BCUT2D eigenvalue weighted by Gasteiger charge is 2.35. The molecule has 0 fully saturated rings. The number of methoxy groups -OCH3 is 2. The minimum absolute atomic E-state index is 0.105. The van der Waals surface area contributed by atoms with E-state index in [0.717, 1.165) is 4.88 Å². The average molecular weight is 471 g/mol. The highest BCUT2D eigenvalue weighted by molar-refractivity contribution is 7.11. The van der Waals surface area contributed by atoms with Gasteiger partial charge in [0.2, 0.25) is 0 Å². The molecule has 1 aliphatic heterocycles. The number of hydrogen-bond donors (Lipinski definition) is 0. The van der Waals surface area contributed by atoms with Gasteiger partial charge in [0, 0.05) is 17.6 Å². The van der Waals surface area contributed by atoms with Crippen molar-refractivity contribution in [3.05, 3.63) is 83.2 Å². The number of hydrogen-bond acceptors (Lipinski definition) is 8. The van der Waals surface area contributed by atoms with E-state index in [1.807, 2.05) is 41.8 Å². The van der Waals surface area contributed by atoms with E-state index in [2.05, 4.69) is 4.99 Å². The summed E-state index contributed by atoms with van der Waals surface area (Å²) in [7, 11) is 3.10. The van der Waals surface area contributed by atoms with Gasteiger partial charge in [-0.2, -0.15) is 0 Å². The Morgan fingerprint density at radius 1 is 1.19 bits per heavy atom. The van der Waals surface area contributed by atoms with Crippen molar-refractivity contribution in [3.63, 3.8) is 0 Å². The molecular formula is C23H22N2O5S2. The van der Waals surface area contributed by atoms with Crippen molar-refractivity contribution in [2.45, 2.75) is 13.0 Å². The number of carbonyl (C=O) groups is 1.